The standard InChI is InChI=1S/C15H9F3INO5/c1-24-13-5-8(7-21)4-10(19)14(13)25-12-3-2-9(15(16,17)18)6-11(12)20(22)23/h2-7H,1H3. The van der Waals surface area contributed by atoms with Crippen LogP contribution >= 0.6 is 22.6 Å². The Morgan fingerprint density at radius 1 is 1.20 bits per heavy atom. The molecule has 0 aliphatic carbocycles. The molecule has 0 fully saturated rings. The van der Waals surface area contributed by atoms with Gasteiger partial charge in [0.15, 0.2) is 11.5 Å². The minimum Gasteiger partial charge on any atom is -0.493 e. The number of nitro groups is 1. The predicted molar refractivity (Wildman–Crippen MR) is 89.3 cm³/mol. The summed E-state index contributed by atoms with van der Waals surface area (Å²) in [6.45, 7) is 0. The molecule has 25 heavy (non-hydrogen) atoms. The topological polar surface area (TPSA) is 78.7 Å². The lowest BCUT2D eigenvalue weighted by Gasteiger charge is -2.14. The first-order chi connectivity index (χ1) is 11.7. The van der Waals surface area contributed by atoms with Crippen LogP contribution in [-0.2, 0) is 6.18 Å². The van der Waals surface area contributed by atoms with Crippen molar-refractivity contribution in [3.8, 4) is 17.2 Å². The maximum Gasteiger partial charge on any atom is 0.416 e. The molecule has 0 aromatic heterocycles. The molecule has 0 spiro atoms. The van der Waals surface area contributed by atoms with Crippen molar-refractivity contribution >= 4 is 34.6 Å². The first-order valence-corrected chi connectivity index (χ1v) is 7.61. The zero-order chi connectivity index (χ0) is 18.8. The zero-order valence-corrected chi connectivity index (χ0v) is 14.6. The maximum atomic E-state index is 12.7. The van der Waals surface area contributed by atoms with Crippen molar-refractivity contribution in [1.29, 1.82) is 0 Å². The summed E-state index contributed by atoms with van der Waals surface area (Å²) in [4.78, 5) is 21.0. The van der Waals surface area contributed by atoms with E-state index in [1.54, 1.807) is 0 Å². The van der Waals surface area contributed by atoms with Gasteiger partial charge in [0, 0.05) is 11.6 Å². The highest BCUT2D eigenvalue weighted by Gasteiger charge is 2.33. The molecule has 0 N–H and O–H groups in total. The van der Waals surface area contributed by atoms with E-state index in [2.05, 4.69) is 0 Å². The molecule has 6 nitrogen and oxygen atoms in total. The van der Waals surface area contributed by atoms with E-state index in [0.29, 0.717) is 22.0 Å². The van der Waals surface area contributed by atoms with Crippen LogP contribution in [-0.4, -0.2) is 18.3 Å². The van der Waals surface area contributed by atoms with E-state index >= 15 is 0 Å². The third-order valence-electron chi connectivity index (χ3n) is 3.08. The second kappa shape index (κ2) is 7.25. The molecule has 0 heterocycles. The molecule has 0 saturated carbocycles. The monoisotopic (exact) mass is 467 g/mol. The number of carbonyl (C=O) groups excluding carboxylic acids is 1. The summed E-state index contributed by atoms with van der Waals surface area (Å²) >= 11 is 1.82. The summed E-state index contributed by atoms with van der Waals surface area (Å²) < 4.78 is 49.1. The minimum absolute atomic E-state index is 0.0524. The van der Waals surface area contributed by atoms with Gasteiger partial charge in [-0.25, -0.2) is 0 Å². The number of methoxy groups -OCH3 is 1. The van der Waals surface area contributed by atoms with Crippen LogP contribution in [0.25, 0.3) is 0 Å². The van der Waals surface area contributed by atoms with Crippen LogP contribution in [0, 0.1) is 13.7 Å². The van der Waals surface area contributed by atoms with Crippen molar-refractivity contribution in [2.45, 2.75) is 6.18 Å². The van der Waals surface area contributed by atoms with Crippen LogP contribution in [0.4, 0.5) is 18.9 Å². The summed E-state index contributed by atoms with van der Waals surface area (Å²) in [5, 5.41) is 11.1. The third-order valence-corrected chi connectivity index (χ3v) is 3.88. The SMILES string of the molecule is COc1cc(C=O)cc(I)c1Oc1ccc(C(F)(F)F)cc1[N+](=O)[O-]. The quantitative estimate of drug-likeness (QED) is 0.273. The molecule has 10 heteroatoms. The van der Waals surface area contributed by atoms with Crippen molar-refractivity contribution in [1.82, 2.24) is 0 Å². The van der Waals surface area contributed by atoms with Gasteiger partial charge in [0.05, 0.1) is 21.2 Å². The summed E-state index contributed by atoms with van der Waals surface area (Å²) in [6, 6.07) is 4.74. The molecular formula is C15H9F3INO5. The fraction of sp³-hybridized carbons (Fsp3) is 0.133. The van der Waals surface area contributed by atoms with Crippen molar-refractivity contribution in [2.75, 3.05) is 7.11 Å². The van der Waals surface area contributed by atoms with E-state index in [4.69, 9.17) is 9.47 Å². The summed E-state index contributed by atoms with van der Waals surface area (Å²) in [5.41, 5.74) is -1.72. The highest BCUT2D eigenvalue weighted by molar-refractivity contribution is 14.1. The van der Waals surface area contributed by atoms with E-state index in [0.717, 1.165) is 6.07 Å². The van der Waals surface area contributed by atoms with Gasteiger partial charge in [-0.1, -0.05) is 0 Å². The number of alkyl halides is 3. The van der Waals surface area contributed by atoms with Gasteiger partial charge in [-0.15, -0.1) is 0 Å². The van der Waals surface area contributed by atoms with Gasteiger partial charge < -0.3 is 9.47 Å². The second-order valence-corrected chi connectivity index (χ2v) is 5.85. The van der Waals surface area contributed by atoms with E-state index in [1.165, 1.54) is 19.2 Å². The maximum absolute atomic E-state index is 12.7. The average molecular weight is 467 g/mol. The number of halogens is 4. The highest BCUT2D eigenvalue weighted by atomic mass is 127. The molecule has 2 aromatic rings. The Labute approximate surface area is 152 Å². The number of carbonyl (C=O) groups is 1. The molecule has 0 bridgehead atoms. The van der Waals surface area contributed by atoms with Gasteiger partial charge >= 0.3 is 11.9 Å². The highest BCUT2D eigenvalue weighted by Crippen LogP contribution is 2.42. The lowest BCUT2D eigenvalue weighted by atomic mass is 10.1. The van der Waals surface area contributed by atoms with Crippen LogP contribution in [0.1, 0.15) is 15.9 Å². The molecule has 0 radical (unpaired) electrons. The Hall–Kier alpha value is -2.37. The van der Waals surface area contributed by atoms with Crippen LogP contribution in [0.2, 0.25) is 0 Å². The van der Waals surface area contributed by atoms with Gasteiger partial charge in [-0.05, 0) is 46.9 Å². The lowest BCUT2D eigenvalue weighted by molar-refractivity contribution is -0.385. The Balaban J connectivity index is 2.54. The number of rotatable bonds is 5. The van der Waals surface area contributed by atoms with Gasteiger partial charge in [0.25, 0.3) is 0 Å². The molecule has 0 saturated heterocycles. The number of benzene rings is 2. The Bertz CT molecular complexity index is 839. The van der Waals surface area contributed by atoms with E-state index in [-0.39, 0.29) is 22.8 Å². The van der Waals surface area contributed by atoms with Crippen molar-refractivity contribution in [3.63, 3.8) is 0 Å². The Kier molecular flexibility index (Phi) is 5.50. The Morgan fingerprint density at radius 3 is 2.40 bits per heavy atom. The van der Waals surface area contributed by atoms with Gasteiger partial charge in [0.1, 0.15) is 6.29 Å². The normalized spacial score (nSPS) is 11.1. The molecule has 0 atom stereocenters. The predicted octanol–water partition coefficient (Wildman–Crippen LogP) is 4.83. The molecule has 0 unspecified atom stereocenters. The van der Waals surface area contributed by atoms with Crippen LogP contribution in [0.3, 0.4) is 0 Å². The van der Waals surface area contributed by atoms with Crippen LogP contribution in [0.15, 0.2) is 30.3 Å². The summed E-state index contributed by atoms with van der Waals surface area (Å²) in [6.07, 6.45) is -4.14. The van der Waals surface area contributed by atoms with Gasteiger partial charge in [0.2, 0.25) is 5.75 Å². The Morgan fingerprint density at radius 2 is 1.88 bits per heavy atom. The average Bonchev–Trinajstić information content (AvgIpc) is 2.55. The van der Waals surface area contributed by atoms with Crippen LogP contribution < -0.4 is 9.47 Å². The fourth-order valence-electron chi connectivity index (χ4n) is 1.94. The number of nitrogens with zero attached hydrogens (tertiary/aromatic N) is 1. The number of hydrogen-bond acceptors (Lipinski definition) is 5. The molecule has 2 rings (SSSR count). The molecule has 132 valence electrons. The fourth-order valence-corrected chi connectivity index (χ4v) is 2.67. The lowest BCUT2D eigenvalue weighted by Crippen LogP contribution is -2.06. The van der Waals surface area contributed by atoms with Crippen LogP contribution in [0.5, 0.6) is 17.2 Å². The first-order valence-electron chi connectivity index (χ1n) is 6.53. The third kappa shape index (κ3) is 4.18. The van der Waals surface area contributed by atoms with E-state index in [1.807, 2.05) is 22.6 Å². The number of ether oxygens (including phenoxy) is 2. The number of hydrogen-bond donors (Lipinski definition) is 0. The van der Waals surface area contributed by atoms with E-state index < -0.39 is 22.4 Å². The van der Waals surface area contributed by atoms with Crippen molar-refractivity contribution in [3.05, 3.63) is 55.1 Å². The molecule has 2 aromatic carbocycles. The largest absolute Gasteiger partial charge is 0.493 e. The summed E-state index contributed by atoms with van der Waals surface area (Å²) in [5.74, 6) is -0.215. The van der Waals surface area contributed by atoms with Crippen molar-refractivity contribution < 1.29 is 32.4 Å². The van der Waals surface area contributed by atoms with Gasteiger partial charge in [-0.2, -0.15) is 13.2 Å². The molecule has 0 amide bonds. The van der Waals surface area contributed by atoms with E-state index in [9.17, 15) is 28.1 Å². The molecular weight excluding hydrogens is 458 g/mol. The van der Waals surface area contributed by atoms with Gasteiger partial charge in [-0.3, -0.25) is 14.9 Å². The number of nitro benzene ring substituents is 1. The summed E-state index contributed by atoms with van der Waals surface area (Å²) in [7, 11) is 1.30. The second-order valence-electron chi connectivity index (χ2n) is 4.69. The zero-order valence-electron chi connectivity index (χ0n) is 12.5. The minimum atomic E-state index is -4.72. The first kappa shape index (κ1) is 19.0. The molecule has 0 aliphatic heterocycles. The smallest absolute Gasteiger partial charge is 0.416 e. The van der Waals surface area contributed by atoms with Crippen molar-refractivity contribution in [2.24, 2.45) is 0 Å². The molecule has 0 aliphatic rings. The number of aldehydes is 1.